The molecule has 2 N–H and O–H groups in total. The minimum Gasteiger partial charge on any atom is -0.493 e. The molecule has 144 valence electrons. The average molecular weight is 372 g/mol. The van der Waals surface area contributed by atoms with Crippen LogP contribution in [0.1, 0.15) is 52.0 Å². The fraction of sp³-hybridized carbons (Fsp3) is 0.333. The van der Waals surface area contributed by atoms with Crippen LogP contribution >= 0.6 is 0 Å². The molecule has 0 fully saturated rings. The lowest BCUT2D eigenvalue weighted by atomic mass is 10.1. The Bertz CT molecular complexity index is 770. The first-order valence-electron chi connectivity index (χ1n) is 8.88. The van der Waals surface area contributed by atoms with Crippen molar-refractivity contribution in [1.82, 2.24) is 0 Å². The van der Waals surface area contributed by atoms with Crippen LogP contribution in [0.5, 0.6) is 11.5 Å². The van der Waals surface area contributed by atoms with Gasteiger partial charge in [0.1, 0.15) is 0 Å². The Morgan fingerprint density at radius 1 is 0.852 bits per heavy atom. The number of rotatable bonds is 11. The predicted molar refractivity (Wildman–Crippen MR) is 101 cm³/mol. The van der Waals surface area contributed by atoms with E-state index in [4.69, 9.17) is 14.6 Å². The number of carbonyl (C=O) groups is 2. The smallest absolute Gasteiger partial charge is 0.336 e. The van der Waals surface area contributed by atoms with Crippen LogP contribution in [0.3, 0.4) is 0 Å². The molecule has 0 heterocycles. The van der Waals surface area contributed by atoms with Gasteiger partial charge in [0.25, 0.3) is 0 Å². The van der Waals surface area contributed by atoms with Crippen molar-refractivity contribution in [2.24, 2.45) is 0 Å². The second-order valence-corrected chi connectivity index (χ2v) is 6.16. The van der Waals surface area contributed by atoms with Gasteiger partial charge in [-0.15, -0.1) is 0 Å². The summed E-state index contributed by atoms with van der Waals surface area (Å²) >= 11 is 0. The van der Waals surface area contributed by atoms with E-state index in [0.29, 0.717) is 6.61 Å². The summed E-state index contributed by atoms with van der Waals surface area (Å²) in [6.45, 7) is 0.410. The second-order valence-electron chi connectivity index (χ2n) is 6.16. The van der Waals surface area contributed by atoms with Crippen molar-refractivity contribution in [3.8, 4) is 11.5 Å². The number of hydrogen-bond acceptors (Lipinski definition) is 4. The maximum Gasteiger partial charge on any atom is 0.336 e. The molecule has 0 amide bonds. The van der Waals surface area contributed by atoms with E-state index >= 15 is 0 Å². The Balaban J connectivity index is 1.83. The highest BCUT2D eigenvalue weighted by atomic mass is 16.5. The van der Waals surface area contributed by atoms with E-state index in [0.717, 1.165) is 32.1 Å². The number of unbranched alkanes of at least 4 members (excludes halogenated alkanes) is 3. The summed E-state index contributed by atoms with van der Waals surface area (Å²) < 4.78 is 10.8. The first-order chi connectivity index (χ1) is 13.0. The number of aromatic carboxylic acids is 2. The lowest BCUT2D eigenvalue weighted by Crippen LogP contribution is -2.10. The highest BCUT2D eigenvalue weighted by Crippen LogP contribution is 2.31. The van der Waals surface area contributed by atoms with Gasteiger partial charge in [-0.25, -0.2) is 9.59 Å². The van der Waals surface area contributed by atoms with Crippen LogP contribution in [0.2, 0.25) is 0 Å². The first kappa shape index (κ1) is 20.3. The topological polar surface area (TPSA) is 93.1 Å². The van der Waals surface area contributed by atoms with Crippen LogP contribution < -0.4 is 9.47 Å². The lowest BCUT2D eigenvalue weighted by molar-refractivity contribution is 0.0650. The molecule has 0 bridgehead atoms. The quantitative estimate of drug-likeness (QED) is 0.572. The largest absolute Gasteiger partial charge is 0.493 e. The molecule has 0 saturated heterocycles. The maximum atomic E-state index is 11.3. The third-order valence-corrected chi connectivity index (χ3v) is 4.22. The number of carboxylic acids is 2. The monoisotopic (exact) mass is 372 g/mol. The molecule has 2 aromatic rings. The van der Waals surface area contributed by atoms with E-state index < -0.39 is 11.9 Å². The third-order valence-electron chi connectivity index (χ3n) is 4.22. The highest BCUT2D eigenvalue weighted by molar-refractivity contribution is 6.02. The van der Waals surface area contributed by atoms with Gasteiger partial charge in [-0.2, -0.15) is 0 Å². The van der Waals surface area contributed by atoms with Crippen LogP contribution in [0, 0.1) is 0 Å². The van der Waals surface area contributed by atoms with Crippen LogP contribution in [0.15, 0.2) is 42.5 Å². The molecule has 0 aliphatic rings. The van der Waals surface area contributed by atoms with Gasteiger partial charge < -0.3 is 19.7 Å². The number of benzene rings is 2. The van der Waals surface area contributed by atoms with E-state index in [1.54, 1.807) is 0 Å². The Hall–Kier alpha value is -3.02. The zero-order valence-electron chi connectivity index (χ0n) is 15.3. The van der Waals surface area contributed by atoms with Crippen molar-refractivity contribution in [3.05, 3.63) is 59.2 Å². The summed E-state index contributed by atoms with van der Waals surface area (Å²) in [4.78, 5) is 22.5. The van der Waals surface area contributed by atoms with Gasteiger partial charge in [-0.1, -0.05) is 43.2 Å². The van der Waals surface area contributed by atoms with Gasteiger partial charge >= 0.3 is 11.9 Å². The Labute approximate surface area is 158 Å². The minimum atomic E-state index is -1.32. The molecule has 27 heavy (non-hydrogen) atoms. The number of carboxylic acid groups (broad SMARTS) is 2. The third kappa shape index (κ3) is 6.02. The average Bonchev–Trinajstić information content (AvgIpc) is 2.67. The molecule has 0 radical (unpaired) electrons. The SMILES string of the molecule is COc1cc(C(=O)O)c(C(=O)O)cc1OCCCCCCc1ccccc1. The van der Waals surface area contributed by atoms with Crippen molar-refractivity contribution in [2.75, 3.05) is 13.7 Å². The van der Waals surface area contributed by atoms with E-state index in [9.17, 15) is 14.7 Å². The molecule has 0 unspecified atom stereocenters. The van der Waals surface area contributed by atoms with Crippen LogP contribution in [0.25, 0.3) is 0 Å². The lowest BCUT2D eigenvalue weighted by Gasteiger charge is -2.13. The molecule has 0 saturated carbocycles. The minimum absolute atomic E-state index is 0.210. The molecule has 0 spiro atoms. The number of ether oxygens (including phenoxy) is 2. The predicted octanol–water partition coefficient (Wildman–Crippen LogP) is 4.27. The zero-order valence-corrected chi connectivity index (χ0v) is 15.3. The second kappa shape index (κ2) is 10.2. The first-order valence-corrected chi connectivity index (χ1v) is 8.88. The van der Waals surface area contributed by atoms with E-state index in [1.165, 1.54) is 24.8 Å². The Morgan fingerprint density at radius 3 is 2.04 bits per heavy atom. The van der Waals surface area contributed by atoms with Crippen molar-refractivity contribution in [1.29, 1.82) is 0 Å². The molecule has 6 heteroatoms. The zero-order chi connectivity index (χ0) is 19.6. The molecular formula is C21H24O6. The van der Waals surface area contributed by atoms with Crippen molar-refractivity contribution >= 4 is 11.9 Å². The normalized spacial score (nSPS) is 10.4. The molecular weight excluding hydrogens is 348 g/mol. The Kier molecular flexibility index (Phi) is 7.67. The van der Waals surface area contributed by atoms with Crippen LogP contribution in [0.4, 0.5) is 0 Å². The van der Waals surface area contributed by atoms with Gasteiger partial charge in [0.2, 0.25) is 0 Å². The maximum absolute atomic E-state index is 11.3. The number of hydrogen-bond donors (Lipinski definition) is 2. The summed E-state index contributed by atoms with van der Waals surface area (Å²) in [7, 11) is 1.39. The van der Waals surface area contributed by atoms with Gasteiger partial charge in [-0.05, 0) is 37.0 Å². The molecule has 2 rings (SSSR count). The number of methoxy groups -OCH3 is 1. The van der Waals surface area contributed by atoms with Crippen LogP contribution in [-0.2, 0) is 6.42 Å². The van der Waals surface area contributed by atoms with Gasteiger partial charge in [0, 0.05) is 0 Å². The summed E-state index contributed by atoms with van der Waals surface area (Å²) in [6, 6.07) is 12.7. The van der Waals surface area contributed by atoms with Crippen molar-refractivity contribution in [2.45, 2.75) is 32.1 Å². The fourth-order valence-electron chi connectivity index (χ4n) is 2.80. The molecule has 6 nitrogen and oxygen atoms in total. The molecule has 2 aromatic carbocycles. The summed E-state index contributed by atoms with van der Waals surface area (Å²) in [5.74, 6) is -2.19. The van der Waals surface area contributed by atoms with Gasteiger partial charge in [-0.3, -0.25) is 0 Å². The summed E-state index contributed by atoms with van der Waals surface area (Å²) in [6.07, 6.45) is 5.04. The van der Waals surface area contributed by atoms with Gasteiger partial charge in [0.05, 0.1) is 24.8 Å². The number of aryl methyl sites for hydroxylation is 1. The van der Waals surface area contributed by atoms with Crippen LogP contribution in [-0.4, -0.2) is 35.9 Å². The van der Waals surface area contributed by atoms with E-state index in [-0.39, 0.29) is 22.6 Å². The fourth-order valence-corrected chi connectivity index (χ4v) is 2.80. The summed E-state index contributed by atoms with van der Waals surface area (Å²) in [5, 5.41) is 18.4. The molecule has 0 atom stereocenters. The van der Waals surface area contributed by atoms with Crippen molar-refractivity contribution < 1.29 is 29.3 Å². The summed E-state index contributed by atoms with van der Waals surface area (Å²) in [5.41, 5.74) is 0.687. The Morgan fingerprint density at radius 2 is 1.44 bits per heavy atom. The standard InChI is InChI=1S/C21H24O6/c1-26-18-13-16(20(22)23)17(21(24)25)14-19(18)27-12-8-3-2-5-9-15-10-6-4-7-11-15/h4,6-7,10-11,13-14H,2-3,5,8-9,12H2,1H3,(H,22,23)(H,24,25). The highest BCUT2D eigenvalue weighted by Gasteiger charge is 2.20. The van der Waals surface area contributed by atoms with E-state index in [2.05, 4.69) is 12.1 Å². The molecule has 0 aromatic heterocycles. The van der Waals surface area contributed by atoms with Gasteiger partial charge in [0.15, 0.2) is 11.5 Å². The molecule has 0 aliphatic carbocycles. The van der Waals surface area contributed by atoms with Crippen molar-refractivity contribution in [3.63, 3.8) is 0 Å². The molecule has 0 aliphatic heterocycles. The van der Waals surface area contributed by atoms with E-state index in [1.807, 2.05) is 18.2 Å².